The second-order valence-electron chi connectivity index (χ2n) is 5.58. The third-order valence-corrected chi connectivity index (χ3v) is 4.84. The molecule has 1 aromatic rings. The molecule has 1 aromatic heterocycles. The summed E-state index contributed by atoms with van der Waals surface area (Å²) >= 11 is 1.64. The van der Waals surface area contributed by atoms with E-state index in [-0.39, 0.29) is 6.42 Å². The highest BCUT2D eigenvalue weighted by atomic mass is 32.1. The highest BCUT2D eigenvalue weighted by Crippen LogP contribution is 2.29. The van der Waals surface area contributed by atoms with Crippen LogP contribution in [0.1, 0.15) is 38.8 Å². The molecule has 0 amide bonds. The van der Waals surface area contributed by atoms with Crippen LogP contribution >= 0.6 is 11.3 Å². The highest BCUT2D eigenvalue weighted by molar-refractivity contribution is 7.13. The minimum absolute atomic E-state index is 0.165. The second kappa shape index (κ2) is 6.37. The molecule has 19 heavy (non-hydrogen) atoms. The molecule has 5 heteroatoms. The van der Waals surface area contributed by atoms with Gasteiger partial charge in [0.05, 0.1) is 12.1 Å². The molecule has 0 atom stereocenters. The van der Waals surface area contributed by atoms with Crippen LogP contribution in [0.2, 0.25) is 0 Å². The lowest BCUT2D eigenvalue weighted by Crippen LogP contribution is -2.35. The van der Waals surface area contributed by atoms with Crippen LogP contribution in [0.4, 0.5) is 5.13 Å². The van der Waals surface area contributed by atoms with Crippen LogP contribution in [-0.4, -0.2) is 29.1 Å². The van der Waals surface area contributed by atoms with Gasteiger partial charge in [-0.05, 0) is 24.7 Å². The van der Waals surface area contributed by atoms with Crippen molar-refractivity contribution < 1.29 is 9.90 Å². The van der Waals surface area contributed by atoms with Crippen LogP contribution in [0, 0.1) is 11.8 Å². The number of anilines is 1. The minimum Gasteiger partial charge on any atom is -0.481 e. The first-order valence-corrected chi connectivity index (χ1v) is 7.85. The summed E-state index contributed by atoms with van der Waals surface area (Å²) in [5, 5.41) is 11.7. The third-order valence-electron chi connectivity index (χ3n) is 3.89. The van der Waals surface area contributed by atoms with Crippen molar-refractivity contribution in [1.29, 1.82) is 0 Å². The molecular weight excluding hydrogens is 260 g/mol. The van der Waals surface area contributed by atoms with E-state index in [1.54, 1.807) is 11.3 Å². The number of aryl methyl sites for hydroxylation is 1. The summed E-state index contributed by atoms with van der Waals surface area (Å²) in [6.07, 6.45) is 3.18. The Balaban J connectivity index is 1.88. The number of thiazole rings is 1. The summed E-state index contributed by atoms with van der Waals surface area (Å²) in [5.41, 5.74) is 0.911. The van der Waals surface area contributed by atoms with E-state index in [9.17, 15) is 4.79 Å². The minimum atomic E-state index is -0.757. The molecule has 1 aliphatic heterocycles. The van der Waals surface area contributed by atoms with E-state index in [4.69, 9.17) is 5.11 Å². The monoisotopic (exact) mass is 282 g/mol. The maximum atomic E-state index is 10.5. The van der Waals surface area contributed by atoms with E-state index in [0.717, 1.165) is 35.8 Å². The van der Waals surface area contributed by atoms with Gasteiger partial charge in [-0.2, -0.15) is 0 Å². The first kappa shape index (κ1) is 14.3. The lowest BCUT2D eigenvalue weighted by molar-refractivity contribution is -0.136. The molecule has 1 aliphatic rings. The van der Waals surface area contributed by atoms with Crippen LogP contribution in [0.3, 0.4) is 0 Å². The first-order chi connectivity index (χ1) is 9.06. The number of hydrogen-bond acceptors (Lipinski definition) is 4. The van der Waals surface area contributed by atoms with E-state index < -0.39 is 5.97 Å². The van der Waals surface area contributed by atoms with E-state index in [1.165, 1.54) is 12.8 Å². The quantitative estimate of drug-likeness (QED) is 0.902. The van der Waals surface area contributed by atoms with Gasteiger partial charge in [-0.3, -0.25) is 4.79 Å². The molecule has 0 aliphatic carbocycles. The lowest BCUT2D eigenvalue weighted by atomic mass is 9.87. The Morgan fingerprint density at radius 2 is 2.21 bits per heavy atom. The predicted molar refractivity (Wildman–Crippen MR) is 77.8 cm³/mol. The Labute approximate surface area is 118 Å². The predicted octanol–water partition coefficient (Wildman–Crippen LogP) is 3.03. The summed E-state index contributed by atoms with van der Waals surface area (Å²) in [5.74, 6) is 0.847. The van der Waals surface area contributed by atoms with Gasteiger partial charge >= 0.3 is 5.97 Å². The average Bonchev–Trinajstić information content (AvgIpc) is 2.85. The van der Waals surface area contributed by atoms with Gasteiger partial charge in [0.25, 0.3) is 0 Å². The van der Waals surface area contributed by atoms with Crippen LogP contribution in [0.5, 0.6) is 0 Å². The Kier molecular flexibility index (Phi) is 4.80. The van der Waals surface area contributed by atoms with Crippen molar-refractivity contribution in [2.45, 2.75) is 39.5 Å². The van der Waals surface area contributed by atoms with Gasteiger partial charge in [0.2, 0.25) is 0 Å². The number of piperidine rings is 1. The largest absolute Gasteiger partial charge is 0.481 e. The Morgan fingerprint density at radius 1 is 1.53 bits per heavy atom. The van der Waals surface area contributed by atoms with Gasteiger partial charge in [-0.1, -0.05) is 13.8 Å². The molecule has 106 valence electrons. The van der Waals surface area contributed by atoms with E-state index in [1.807, 2.05) is 5.38 Å². The van der Waals surface area contributed by atoms with Crippen LogP contribution in [-0.2, 0) is 11.2 Å². The second-order valence-corrected chi connectivity index (χ2v) is 6.42. The molecule has 0 spiro atoms. The van der Waals surface area contributed by atoms with Crippen molar-refractivity contribution in [3.63, 3.8) is 0 Å². The average molecular weight is 282 g/mol. The smallest absolute Gasteiger partial charge is 0.303 e. The van der Waals surface area contributed by atoms with Gasteiger partial charge < -0.3 is 10.0 Å². The molecule has 2 rings (SSSR count). The van der Waals surface area contributed by atoms with Gasteiger partial charge in [-0.15, -0.1) is 11.3 Å². The SMILES string of the molecule is CC(C)C1CCN(c2nc(CCC(=O)O)cs2)CC1. The molecular formula is C14H22N2O2S. The first-order valence-electron chi connectivity index (χ1n) is 6.97. The number of carbonyl (C=O) groups is 1. The maximum Gasteiger partial charge on any atom is 0.303 e. The molecule has 1 fully saturated rings. The van der Waals surface area contributed by atoms with Gasteiger partial charge in [-0.25, -0.2) is 4.98 Å². The fourth-order valence-electron chi connectivity index (χ4n) is 2.55. The van der Waals surface area contributed by atoms with Crippen molar-refractivity contribution in [1.82, 2.24) is 4.98 Å². The number of carboxylic acid groups (broad SMARTS) is 1. The standard InChI is InChI=1S/C14H22N2O2S/c1-10(2)11-5-7-16(8-6-11)14-15-12(9-19-14)3-4-13(17)18/h9-11H,3-8H2,1-2H3,(H,17,18). The highest BCUT2D eigenvalue weighted by Gasteiger charge is 2.23. The molecule has 0 radical (unpaired) electrons. The molecule has 4 nitrogen and oxygen atoms in total. The Bertz CT molecular complexity index is 423. The summed E-state index contributed by atoms with van der Waals surface area (Å²) < 4.78 is 0. The van der Waals surface area contributed by atoms with Crippen LogP contribution in [0.25, 0.3) is 0 Å². The number of carboxylic acids is 1. The zero-order valence-electron chi connectivity index (χ0n) is 11.6. The summed E-state index contributed by atoms with van der Waals surface area (Å²) in [7, 11) is 0. The zero-order valence-corrected chi connectivity index (χ0v) is 12.4. The third kappa shape index (κ3) is 3.93. The molecule has 1 N–H and O–H groups in total. The van der Waals surface area contributed by atoms with Gasteiger partial charge in [0.1, 0.15) is 0 Å². The van der Waals surface area contributed by atoms with Gasteiger partial charge in [0, 0.05) is 24.9 Å². The Hall–Kier alpha value is -1.10. The van der Waals surface area contributed by atoms with E-state index in [2.05, 4.69) is 23.7 Å². The van der Waals surface area contributed by atoms with Crippen molar-refractivity contribution >= 4 is 22.4 Å². The number of aromatic nitrogens is 1. The molecule has 0 aromatic carbocycles. The number of nitrogens with zero attached hydrogens (tertiary/aromatic N) is 2. The topological polar surface area (TPSA) is 53.4 Å². The van der Waals surface area contributed by atoms with Crippen LogP contribution < -0.4 is 4.90 Å². The van der Waals surface area contributed by atoms with Crippen molar-refractivity contribution in [3.8, 4) is 0 Å². The lowest BCUT2D eigenvalue weighted by Gasteiger charge is -2.33. The maximum absolute atomic E-state index is 10.5. The van der Waals surface area contributed by atoms with Crippen molar-refractivity contribution in [3.05, 3.63) is 11.1 Å². The van der Waals surface area contributed by atoms with E-state index in [0.29, 0.717) is 6.42 Å². The molecule has 1 saturated heterocycles. The normalized spacial score (nSPS) is 17.1. The Morgan fingerprint density at radius 3 is 2.79 bits per heavy atom. The zero-order chi connectivity index (χ0) is 13.8. The molecule has 2 heterocycles. The van der Waals surface area contributed by atoms with E-state index >= 15 is 0 Å². The molecule has 0 saturated carbocycles. The summed E-state index contributed by atoms with van der Waals surface area (Å²) in [6.45, 7) is 6.75. The van der Waals surface area contributed by atoms with Gasteiger partial charge in [0.15, 0.2) is 5.13 Å². The fraction of sp³-hybridized carbons (Fsp3) is 0.714. The van der Waals surface area contributed by atoms with Crippen molar-refractivity contribution in [2.24, 2.45) is 11.8 Å². The fourth-order valence-corrected chi connectivity index (χ4v) is 3.46. The summed E-state index contributed by atoms with van der Waals surface area (Å²) in [4.78, 5) is 17.4. The number of aliphatic carboxylic acids is 1. The van der Waals surface area contributed by atoms with Crippen LogP contribution in [0.15, 0.2) is 5.38 Å². The number of hydrogen-bond donors (Lipinski definition) is 1. The molecule has 0 bridgehead atoms. The molecule has 0 unspecified atom stereocenters. The van der Waals surface area contributed by atoms with Crippen molar-refractivity contribution in [2.75, 3.05) is 18.0 Å². The number of rotatable bonds is 5. The summed E-state index contributed by atoms with van der Waals surface area (Å²) in [6, 6.07) is 0.